The van der Waals surface area contributed by atoms with Gasteiger partial charge in [0.05, 0.1) is 0 Å². The molecule has 0 saturated heterocycles. The second-order valence-electron chi connectivity index (χ2n) is 5.39. The van der Waals surface area contributed by atoms with Gasteiger partial charge in [0.25, 0.3) is 0 Å². The molecule has 0 aliphatic carbocycles. The second kappa shape index (κ2) is 6.71. The molecule has 23 heavy (non-hydrogen) atoms. The summed E-state index contributed by atoms with van der Waals surface area (Å²) in [7, 11) is 0. The van der Waals surface area contributed by atoms with Crippen molar-refractivity contribution in [2.75, 3.05) is 10.6 Å². The molecule has 3 nitrogen and oxygen atoms in total. The normalized spacial score (nSPS) is 11.9. The largest absolute Gasteiger partial charge is 0.374 e. The van der Waals surface area contributed by atoms with Crippen molar-refractivity contribution in [3.8, 4) is 0 Å². The van der Waals surface area contributed by atoms with Crippen LogP contribution >= 0.6 is 11.6 Å². The van der Waals surface area contributed by atoms with Gasteiger partial charge in [-0.1, -0.05) is 48.0 Å². The predicted octanol–water partition coefficient (Wildman–Crippen LogP) is 4.93. The highest BCUT2D eigenvalue weighted by molar-refractivity contribution is 6.30. The molecular weight excluding hydrogens is 308 g/mol. The minimum Gasteiger partial charge on any atom is -0.374 e. The van der Waals surface area contributed by atoms with E-state index in [9.17, 15) is 4.79 Å². The first-order valence-electron chi connectivity index (χ1n) is 7.44. The predicted molar refractivity (Wildman–Crippen MR) is 97.1 cm³/mol. The van der Waals surface area contributed by atoms with Crippen molar-refractivity contribution in [1.29, 1.82) is 0 Å². The molecule has 0 heterocycles. The Morgan fingerprint density at radius 2 is 1.65 bits per heavy atom. The molecule has 1 unspecified atom stereocenters. The molecule has 0 bridgehead atoms. The summed E-state index contributed by atoms with van der Waals surface area (Å²) in [5.74, 6) is -0.0868. The zero-order chi connectivity index (χ0) is 16.2. The second-order valence-corrected chi connectivity index (χ2v) is 5.83. The van der Waals surface area contributed by atoms with Gasteiger partial charge in [0.1, 0.15) is 6.04 Å². The first-order chi connectivity index (χ1) is 11.1. The van der Waals surface area contributed by atoms with E-state index in [0.29, 0.717) is 5.02 Å². The van der Waals surface area contributed by atoms with E-state index in [1.807, 2.05) is 61.5 Å². The van der Waals surface area contributed by atoms with Gasteiger partial charge in [0.15, 0.2) is 0 Å². The molecule has 116 valence electrons. The molecule has 0 aromatic heterocycles. The van der Waals surface area contributed by atoms with Crippen LogP contribution in [0.3, 0.4) is 0 Å². The van der Waals surface area contributed by atoms with Gasteiger partial charge >= 0.3 is 0 Å². The van der Waals surface area contributed by atoms with E-state index < -0.39 is 0 Å². The number of amides is 1. The average molecular weight is 325 g/mol. The standard InChI is InChI=1S/C19H17ClN2O/c1-13(21-16-11-9-15(20)10-12-16)19(23)22-18-8-4-6-14-5-2-3-7-17(14)18/h2-13,21H,1H3,(H,22,23). The maximum atomic E-state index is 12.4. The molecule has 0 radical (unpaired) electrons. The first kappa shape index (κ1) is 15.4. The van der Waals surface area contributed by atoms with E-state index in [4.69, 9.17) is 11.6 Å². The third kappa shape index (κ3) is 3.63. The van der Waals surface area contributed by atoms with Crippen LogP contribution in [-0.2, 0) is 4.79 Å². The van der Waals surface area contributed by atoms with Gasteiger partial charge in [0.2, 0.25) is 5.91 Å². The number of hydrogen-bond donors (Lipinski definition) is 2. The van der Waals surface area contributed by atoms with Gasteiger partial charge in [-0.3, -0.25) is 4.79 Å². The molecule has 4 heteroatoms. The van der Waals surface area contributed by atoms with Gasteiger partial charge in [-0.2, -0.15) is 0 Å². The smallest absolute Gasteiger partial charge is 0.246 e. The van der Waals surface area contributed by atoms with Crippen molar-refractivity contribution in [2.45, 2.75) is 13.0 Å². The summed E-state index contributed by atoms with van der Waals surface area (Å²) < 4.78 is 0. The molecule has 3 aromatic rings. The number of halogens is 1. The number of carbonyl (C=O) groups is 1. The van der Waals surface area contributed by atoms with Crippen LogP contribution in [0.4, 0.5) is 11.4 Å². The zero-order valence-electron chi connectivity index (χ0n) is 12.7. The van der Waals surface area contributed by atoms with Crippen LogP contribution in [0.2, 0.25) is 5.02 Å². The summed E-state index contributed by atoms with van der Waals surface area (Å²) >= 11 is 5.87. The molecular formula is C19H17ClN2O. The molecule has 2 N–H and O–H groups in total. The van der Waals surface area contributed by atoms with Crippen LogP contribution in [0, 0.1) is 0 Å². The average Bonchev–Trinajstić information content (AvgIpc) is 2.57. The summed E-state index contributed by atoms with van der Waals surface area (Å²) in [4.78, 5) is 12.4. The van der Waals surface area contributed by atoms with Crippen LogP contribution in [0.1, 0.15) is 6.92 Å². The van der Waals surface area contributed by atoms with Crippen molar-refractivity contribution in [3.63, 3.8) is 0 Å². The van der Waals surface area contributed by atoms with Crippen molar-refractivity contribution in [1.82, 2.24) is 0 Å². The number of carbonyl (C=O) groups excluding carboxylic acids is 1. The fourth-order valence-corrected chi connectivity index (χ4v) is 2.56. The number of nitrogens with one attached hydrogen (secondary N) is 2. The Bertz CT molecular complexity index is 825. The lowest BCUT2D eigenvalue weighted by molar-refractivity contribution is -0.116. The Hall–Kier alpha value is -2.52. The number of anilines is 2. The number of fused-ring (bicyclic) bond motifs is 1. The molecule has 1 atom stereocenters. The molecule has 3 aromatic carbocycles. The molecule has 0 aliphatic rings. The van der Waals surface area contributed by atoms with Crippen LogP contribution in [0.15, 0.2) is 66.7 Å². The van der Waals surface area contributed by atoms with Crippen molar-refractivity contribution in [2.24, 2.45) is 0 Å². The molecule has 0 saturated carbocycles. The highest BCUT2D eigenvalue weighted by Gasteiger charge is 2.13. The van der Waals surface area contributed by atoms with Gasteiger partial charge in [-0.15, -0.1) is 0 Å². The summed E-state index contributed by atoms with van der Waals surface area (Å²) in [6.07, 6.45) is 0. The Morgan fingerprint density at radius 1 is 0.957 bits per heavy atom. The number of hydrogen-bond acceptors (Lipinski definition) is 2. The lowest BCUT2D eigenvalue weighted by Crippen LogP contribution is -2.31. The monoisotopic (exact) mass is 324 g/mol. The first-order valence-corrected chi connectivity index (χ1v) is 7.82. The van der Waals surface area contributed by atoms with Gasteiger partial charge < -0.3 is 10.6 Å². The van der Waals surface area contributed by atoms with Crippen LogP contribution in [0.25, 0.3) is 10.8 Å². The fraction of sp³-hybridized carbons (Fsp3) is 0.105. The van der Waals surface area contributed by atoms with E-state index >= 15 is 0 Å². The highest BCUT2D eigenvalue weighted by atomic mass is 35.5. The van der Waals surface area contributed by atoms with Crippen LogP contribution < -0.4 is 10.6 Å². The summed E-state index contributed by atoms with van der Waals surface area (Å²) in [5, 5.41) is 8.96. The topological polar surface area (TPSA) is 41.1 Å². The van der Waals surface area contributed by atoms with Crippen molar-refractivity contribution < 1.29 is 4.79 Å². The molecule has 0 aliphatic heterocycles. The van der Waals surface area contributed by atoms with Crippen molar-refractivity contribution in [3.05, 3.63) is 71.8 Å². The van der Waals surface area contributed by atoms with E-state index in [0.717, 1.165) is 22.1 Å². The highest BCUT2D eigenvalue weighted by Crippen LogP contribution is 2.23. The third-order valence-electron chi connectivity index (χ3n) is 3.67. The zero-order valence-corrected chi connectivity index (χ0v) is 13.5. The van der Waals surface area contributed by atoms with E-state index in [-0.39, 0.29) is 11.9 Å². The Kier molecular flexibility index (Phi) is 4.49. The SMILES string of the molecule is CC(Nc1ccc(Cl)cc1)C(=O)Nc1cccc2ccccc12. The minimum atomic E-state index is -0.366. The maximum Gasteiger partial charge on any atom is 0.246 e. The van der Waals surface area contributed by atoms with Crippen molar-refractivity contribution >= 4 is 39.7 Å². The Labute approximate surface area is 140 Å². The quantitative estimate of drug-likeness (QED) is 0.714. The third-order valence-corrected chi connectivity index (χ3v) is 3.92. The van der Waals surface area contributed by atoms with E-state index in [1.165, 1.54) is 0 Å². The van der Waals surface area contributed by atoms with E-state index in [1.54, 1.807) is 12.1 Å². The molecule has 3 rings (SSSR count). The maximum absolute atomic E-state index is 12.4. The number of rotatable bonds is 4. The minimum absolute atomic E-state index is 0.0868. The Morgan fingerprint density at radius 3 is 2.43 bits per heavy atom. The Balaban J connectivity index is 1.74. The van der Waals surface area contributed by atoms with E-state index in [2.05, 4.69) is 10.6 Å². The summed E-state index contributed by atoms with van der Waals surface area (Å²) in [5.41, 5.74) is 1.67. The van der Waals surface area contributed by atoms with Crippen LogP contribution in [-0.4, -0.2) is 11.9 Å². The lowest BCUT2D eigenvalue weighted by atomic mass is 10.1. The van der Waals surface area contributed by atoms with Gasteiger partial charge in [-0.25, -0.2) is 0 Å². The molecule has 0 spiro atoms. The number of benzene rings is 3. The molecule has 1 amide bonds. The summed E-state index contributed by atoms with van der Waals surface area (Å²) in [6, 6.07) is 20.8. The van der Waals surface area contributed by atoms with Crippen LogP contribution in [0.5, 0.6) is 0 Å². The lowest BCUT2D eigenvalue weighted by Gasteiger charge is -2.16. The van der Waals surface area contributed by atoms with Gasteiger partial charge in [0, 0.05) is 21.8 Å². The fourth-order valence-electron chi connectivity index (χ4n) is 2.44. The van der Waals surface area contributed by atoms with Gasteiger partial charge in [-0.05, 0) is 42.6 Å². The summed E-state index contributed by atoms with van der Waals surface area (Å²) in [6.45, 7) is 1.83. The molecule has 0 fully saturated rings.